The van der Waals surface area contributed by atoms with E-state index in [2.05, 4.69) is 9.97 Å². The molecule has 22 heavy (non-hydrogen) atoms. The van der Waals surface area contributed by atoms with Crippen LogP contribution in [-0.2, 0) is 6.42 Å². The van der Waals surface area contributed by atoms with E-state index in [1.807, 2.05) is 42.5 Å². The summed E-state index contributed by atoms with van der Waals surface area (Å²) in [6, 6.07) is 13.1. The molecule has 2 N–H and O–H groups in total. The van der Waals surface area contributed by atoms with Crippen LogP contribution < -0.4 is 9.61 Å². The summed E-state index contributed by atoms with van der Waals surface area (Å²) in [6.07, 6.45) is 2.50. The smallest absolute Gasteiger partial charge is 0.307 e. The molecule has 0 atom stereocenters. The second-order valence-electron chi connectivity index (χ2n) is 4.64. The lowest BCUT2D eigenvalue weighted by atomic mass is 10.2. The highest BCUT2D eigenvalue weighted by Gasteiger charge is 2.09. The lowest BCUT2D eigenvalue weighted by molar-refractivity contribution is 0.320. The second-order valence-corrected chi connectivity index (χ2v) is 5.62. The summed E-state index contributed by atoms with van der Waals surface area (Å²) in [7, 11) is 0. The summed E-state index contributed by atoms with van der Waals surface area (Å²) in [5, 5.41) is 9.64. The number of benzene rings is 1. The molecule has 3 rings (SSSR count). The van der Waals surface area contributed by atoms with Crippen molar-refractivity contribution in [2.45, 2.75) is 6.42 Å². The van der Waals surface area contributed by atoms with Crippen molar-refractivity contribution in [1.82, 2.24) is 9.97 Å². The van der Waals surface area contributed by atoms with Crippen molar-refractivity contribution in [3.63, 3.8) is 0 Å². The van der Waals surface area contributed by atoms with Crippen LogP contribution in [0.1, 0.15) is 5.69 Å². The minimum atomic E-state index is -0.275. The molecule has 2 heterocycles. The maximum atomic E-state index is 11.2. The Balaban J connectivity index is 1.62. The van der Waals surface area contributed by atoms with E-state index < -0.39 is 0 Å². The van der Waals surface area contributed by atoms with Gasteiger partial charge in [0.05, 0.1) is 11.5 Å². The Kier molecular flexibility index (Phi) is 4.20. The number of ether oxygens (including phenoxy) is 1. The predicted octanol–water partition coefficient (Wildman–Crippen LogP) is 2.83. The van der Waals surface area contributed by atoms with Crippen LogP contribution in [0.5, 0.6) is 11.6 Å². The lowest BCUT2D eigenvalue weighted by Gasteiger charge is -2.06. The van der Waals surface area contributed by atoms with Gasteiger partial charge >= 0.3 is 4.87 Å². The first kappa shape index (κ1) is 14.3. The number of aromatic nitrogens is 2. The maximum Gasteiger partial charge on any atom is 0.307 e. The Labute approximate surface area is 130 Å². The summed E-state index contributed by atoms with van der Waals surface area (Å²) in [6.45, 7) is 0.541. The summed E-state index contributed by atoms with van der Waals surface area (Å²) in [4.78, 5) is 18.0. The number of nitrogens with zero attached hydrogens (tertiary/aromatic N) is 1. The maximum absolute atomic E-state index is 11.2. The fraction of sp³-hybridized carbons (Fsp3) is 0.125. The van der Waals surface area contributed by atoms with Gasteiger partial charge in [0.2, 0.25) is 5.88 Å². The number of aromatic hydroxyl groups is 1. The van der Waals surface area contributed by atoms with Crippen molar-refractivity contribution in [3.05, 3.63) is 64.0 Å². The highest BCUT2D eigenvalue weighted by Crippen LogP contribution is 2.30. The molecule has 0 spiro atoms. The second kappa shape index (κ2) is 6.44. The van der Waals surface area contributed by atoms with Crippen molar-refractivity contribution in [1.29, 1.82) is 0 Å². The normalized spacial score (nSPS) is 10.5. The number of thiazole rings is 1. The van der Waals surface area contributed by atoms with Crippen LogP contribution >= 0.6 is 11.3 Å². The van der Waals surface area contributed by atoms with E-state index in [9.17, 15) is 9.90 Å². The first-order valence-corrected chi connectivity index (χ1v) is 7.59. The average molecular weight is 314 g/mol. The van der Waals surface area contributed by atoms with Gasteiger partial charge in [0.25, 0.3) is 0 Å². The summed E-state index contributed by atoms with van der Waals surface area (Å²) < 4.78 is 5.67. The molecule has 0 saturated heterocycles. The van der Waals surface area contributed by atoms with Crippen molar-refractivity contribution in [2.75, 3.05) is 6.61 Å². The standard InChI is InChI=1S/C16H14N2O3S/c19-15-14(22-16(20)18-15)11-4-6-13(7-5-11)21-10-8-12-3-1-2-9-17-12/h1-7,9,19H,8,10H2,(H,18,20). The van der Waals surface area contributed by atoms with Gasteiger partial charge in [-0.2, -0.15) is 0 Å². The van der Waals surface area contributed by atoms with Crippen LogP contribution in [0.4, 0.5) is 0 Å². The largest absolute Gasteiger partial charge is 0.493 e. The minimum absolute atomic E-state index is 0.0983. The molecule has 3 aromatic rings. The minimum Gasteiger partial charge on any atom is -0.493 e. The zero-order chi connectivity index (χ0) is 15.4. The lowest BCUT2D eigenvalue weighted by Crippen LogP contribution is -2.02. The third-order valence-electron chi connectivity index (χ3n) is 3.10. The monoisotopic (exact) mass is 314 g/mol. The molecule has 112 valence electrons. The van der Waals surface area contributed by atoms with Crippen molar-refractivity contribution in [3.8, 4) is 22.1 Å². The number of hydrogen-bond acceptors (Lipinski definition) is 5. The van der Waals surface area contributed by atoms with Crippen LogP contribution in [0.25, 0.3) is 10.4 Å². The molecular weight excluding hydrogens is 300 g/mol. The fourth-order valence-electron chi connectivity index (χ4n) is 2.04. The Bertz CT molecular complexity index is 794. The first-order valence-electron chi connectivity index (χ1n) is 6.77. The molecule has 0 aliphatic carbocycles. The van der Waals surface area contributed by atoms with Gasteiger partial charge in [0, 0.05) is 18.3 Å². The molecule has 0 bridgehead atoms. The fourth-order valence-corrected chi connectivity index (χ4v) is 2.77. The van der Waals surface area contributed by atoms with Gasteiger partial charge in [-0.25, -0.2) is 0 Å². The molecule has 5 nitrogen and oxygen atoms in total. The first-order chi connectivity index (χ1) is 10.7. The zero-order valence-corrected chi connectivity index (χ0v) is 12.5. The van der Waals surface area contributed by atoms with E-state index in [0.29, 0.717) is 11.5 Å². The molecule has 0 saturated carbocycles. The van der Waals surface area contributed by atoms with Crippen molar-refractivity contribution in [2.24, 2.45) is 0 Å². The molecule has 1 aromatic carbocycles. The van der Waals surface area contributed by atoms with Gasteiger partial charge in [-0.1, -0.05) is 17.4 Å². The molecule has 0 aliphatic rings. The van der Waals surface area contributed by atoms with Crippen LogP contribution in [0, 0.1) is 0 Å². The third-order valence-corrected chi connectivity index (χ3v) is 4.02. The number of hydrogen-bond donors (Lipinski definition) is 2. The highest BCUT2D eigenvalue weighted by molar-refractivity contribution is 7.13. The summed E-state index contributed by atoms with van der Waals surface area (Å²) in [5.41, 5.74) is 1.76. The number of H-pyrrole nitrogens is 1. The van der Waals surface area contributed by atoms with E-state index in [1.165, 1.54) is 0 Å². The Hall–Kier alpha value is -2.60. The van der Waals surface area contributed by atoms with Gasteiger partial charge in [-0.15, -0.1) is 0 Å². The quantitative estimate of drug-likeness (QED) is 0.759. The van der Waals surface area contributed by atoms with E-state index in [0.717, 1.165) is 34.8 Å². The van der Waals surface area contributed by atoms with E-state index in [1.54, 1.807) is 6.20 Å². The molecule has 0 unspecified atom stereocenters. The number of rotatable bonds is 5. The van der Waals surface area contributed by atoms with E-state index >= 15 is 0 Å². The van der Waals surface area contributed by atoms with Gasteiger partial charge < -0.3 is 9.84 Å². The highest BCUT2D eigenvalue weighted by atomic mass is 32.1. The van der Waals surface area contributed by atoms with Crippen LogP contribution in [-0.4, -0.2) is 21.7 Å². The Morgan fingerprint density at radius 1 is 1.18 bits per heavy atom. The third kappa shape index (κ3) is 3.35. The van der Waals surface area contributed by atoms with Crippen LogP contribution in [0.2, 0.25) is 0 Å². The molecule has 0 fully saturated rings. The molecule has 0 amide bonds. The SMILES string of the molecule is O=c1[nH]c(O)c(-c2ccc(OCCc3ccccn3)cc2)s1. The molecular formula is C16H14N2O3S. The topological polar surface area (TPSA) is 75.2 Å². The van der Waals surface area contributed by atoms with E-state index in [-0.39, 0.29) is 10.8 Å². The van der Waals surface area contributed by atoms with Crippen molar-refractivity contribution < 1.29 is 9.84 Å². The molecule has 0 aliphatic heterocycles. The van der Waals surface area contributed by atoms with Gasteiger partial charge in [0.15, 0.2) is 0 Å². The van der Waals surface area contributed by atoms with Crippen LogP contribution in [0.3, 0.4) is 0 Å². The van der Waals surface area contributed by atoms with Gasteiger partial charge in [-0.05, 0) is 42.0 Å². The van der Waals surface area contributed by atoms with Gasteiger partial charge in [0.1, 0.15) is 5.75 Å². The predicted molar refractivity (Wildman–Crippen MR) is 85.5 cm³/mol. The molecule has 0 radical (unpaired) electrons. The van der Waals surface area contributed by atoms with Crippen molar-refractivity contribution >= 4 is 11.3 Å². The average Bonchev–Trinajstić information content (AvgIpc) is 2.88. The molecule has 6 heteroatoms. The van der Waals surface area contributed by atoms with Crippen LogP contribution in [0.15, 0.2) is 53.5 Å². The summed E-state index contributed by atoms with van der Waals surface area (Å²) in [5.74, 6) is 0.640. The number of pyridine rings is 1. The number of nitrogens with one attached hydrogen (secondary N) is 1. The van der Waals surface area contributed by atoms with E-state index in [4.69, 9.17) is 4.74 Å². The summed E-state index contributed by atoms with van der Waals surface area (Å²) >= 11 is 0.978. The van der Waals surface area contributed by atoms with Gasteiger partial charge in [-0.3, -0.25) is 14.8 Å². The Morgan fingerprint density at radius 3 is 2.64 bits per heavy atom. The zero-order valence-electron chi connectivity index (χ0n) is 11.7. The molecule has 2 aromatic heterocycles. The Morgan fingerprint density at radius 2 is 2.00 bits per heavy atom. The number of aromatic amines is 1.